The smallest absolute Gasteiger partial charge is 0.338 e. The molecule has 4 aromatic rings. The first-order valence-electron chi connectivity index (χ1n) is 15.7. The Balaban J connectivity index is 1.24. The van der Waals surface area contributed by atoms with Crippen LogP contribution >= 0.6 is 0 Å². The molecule has 0 heterocycles. The molecule has 0 N–H and O–H groups in total. The van der Waals surface area contributed by atoms with Crippen molar-refractivity contribution in [2.75, 3.05) is 0 Å². The first kappa shape index (κ1) is 32.8. The first-order chi connectivity index (χ1) is 21.9. The van der Waals surface area contributed by atoms with Gasteiger partial charge in [0.1, 0.15) is 6.61 Å². The highest BCUT2D eigenvalue weighted by Gasteiger charge is 2.12. The van der Waals surface area contributed by atoms with Crippen molar-refractivity contribution >= 4 is 11.9 Å². The van der Waals surface area contributed by atoms with Crippen LogP contribution in [0.3, 0.4) is 0 Å². The van der Waals surface area contributed by atoms with E-state index in [2.05, 4.69) is 30.6 Å². The Morgan fingerprint density at radius 3 is 1.53 bits per heavy atom. The summed E-state index contributed by atoms with van der Waals surface area (Å²) in [6, 6.07) is 29.9. The Bertz CT molecular complexity index is 1660. The number of unbranched alkanes of at least 4 members (excludes halogenated alkanes) is 4. The number of rotatable bonds is 11. The quantitative estimate of drug-likeness (QED) is 0.0985. The zero-order valence-electron chi connectivity index (χ0n) is 26.4. The summed E-state index contributed by atoms with van der Waals surface area (Å²) >= 11 is 0. The average molecular weight is 597 g/mol. The molecule has 0 aliphatic rings. The normalized spacial score (nSPS) is 10.9. The number of benzene rings is 4. The molecule has 4 aromatic carbocycles. The Morgan fingerprint density at radius 2 is 1.04 bits per heavy atom. The summed E-state index contributed by atoms with van der Waals surface area (Å²) < 4.78 is 11.0. The number of carbonyl (C=O) groups is 2. The third kappa shape index (κ3) is 11.2. The van der Waals surface area contributed by atoms with Gasteiger partial charge in [-0.2, -0.15) is 0 Å². The SMILES string of the molecule is CCCCCCCC(C)OC(=O)c1ccc(C#Cc2ccc(C#Cc3ccc(C(=O)OCc4ccc(C)cc4)cc3)cc2)cc1. The van der Waals surface area contributed by atoms with Gasteiger partial charge in [-0.05, 0) is 105 Å². The lowest BCUT2D eigenvalue weighted by atomic mass is 10.1. The highest BCUT2D eigenvalue weighted by Crippen LogP contribution is 2.13. The molecule has 0 amide bonds. The van der Waals surface area contributed by atoms with Crippen LogP contribution in [0.4, 0.5) is 0 Å². The molecule has 228 valence electrons. The van der Waals surface area contributed by atoms with Crippen molar-refractivity contribution in [3.63, 3.8) is 0 Å². The number of hydrogen-bond acceptors (Lipinski definition) is 4. The standard InChI is InChI=1S/C41H40O4/c1-4-5-6-7-8-9-32(3)45-41(43)39-28-24-36(25-29-39)21-19-34-16-14-33(15-17-34)18-20-35-22-26-38(27-23-35)40(42)44-30-37-12-10-31(2)11-13-37/h10-17,22-29,32H,4-9,30H2,1-3H3. The zero-order valence-corrected chi connectivity index (χ0v) is 26.4. The maximum Gasteiger partial charge on any atom is 0.338 e. The molecule has 0 spiro atoms. The van der Waals surface area contributed by atoms with Gasteiger partial charge in [0, 0.05) is 22.3 Å². The van der Waals surface area contributed by atoms with E-state index in [1.807, 2.05) is 86.6 Å². The van der Waals surface area contributed by atoms with E-state index in [1.54, 1.807) is 24.3 Å². The van der Waals surface area contributed by atoms with Gasteiger partial charge < -0.3 is 9.47 Å². The van der Waals surface area contributed by atoms with Gasteiger partial charge in [-0.1, -0.05) is 86.1 Å². The van der Waals surface area contributed by atoms with E-state index in [1.165, 1.54) is 31.2 Å². The predicted octanol–water partition coefficient (Wildman–Crippen LogP) is 9.06. The van der Waals surface area contributed by atoms with E-state index in [9.17, 15) is 9.59 Å². The van der Waals surface area contributed by atoms with Crippen LogP contribution in [-0.4, -0.2) is 18.0 Å². The molecule has 0 aliphatic carbocycles. The highest BCUT2D eigenvalue weighted by molar-refractivity contribution is 5.90. The minimum Gasteiger partial charge on any atom is -0.459 e. The molecule has 4 nitrogen and oxygen atoms in total. The van der Waals surface area contributed by atoms with Gasteiger partial charge in [-0.3, -0.25) is 0 Å². The van der Waals surface area contributed by atoms with Gasteiger partial charge in [0.2, 0.25) is 0 Å². The predicted molar refractivity (Wildman–Crippen MR) is 180 cm³/mol. The molecule has 0 bridgehead atoms. The second-order valence-electron chi connectivity index (χ2n) is 11.2. The summed E-state index contributed by atoms with van der Waals surface area (Å²) in [6.45, 7) is 6.42. The third-order valence-corrected chi connectivity index (χ3v) is 7.34. The van der Waals surface area contributed by atoms with Crippen LogP contribution < -0.4 is 0 Å². The summed E-state index contributed by atoms with van der Waals surface area (Å²) in [5.74, 6) is 11.9. The lowest BCUT2D eigenvalue weighted by molar-refractivity contribution is 0.0319. The monoisotopic (exact) mass is 596 g/mol. The summed E-state index contributed by atoms with van der Waals surface area (Å²) in [7, 11) is 0. The van der Waals surface area contributed by atoms with Crippen LogP contribution in [0.1, 0.15) is 106 Å². The fourth-order valence-electron chi connectivity index (χ4n) is 4.57. The molecular weight excluding hydrogens is 556 g/mol. The molecule has 45 heavy (non-hydrogen) atoms. The molecule has 1 atom stereocenters. The number of esters is 2. The summed E-state index contributed by atoms with van der Waals surface area (Å²) in [5.41, 5.74) is 6.50. The van der Waals surface area contributed by atoms with Crippen molar-refractivity contribution in [3.05, 3.63) is 142 Å². The minimum atomic E-state index is -0.362. The molecular formula is C41H40O4. The van der Waals surface area contributed by atoms with Gasteiger partial charge in [0.15, 0.2) is 0 Å². The summed E-state index contributed by atoms with van der Waals surface area (Å²) in [5, 5.41) is 0. The van der Waals surface area contributed by atoms with E-state index >= 15 is 0 Å². The van der Waals surface area contributed by atoms with Crippen molar-refractivity contribution in [2.24, 2.45) is 0 Å². The molecule has 4 heteroatoms. The van der Waals surface area contributed by atoms with E-state index in [0.717, 1.165) is 40.7 Å². The first-order valence-corrected chi connectivity index (χ1v) is 15.7. The van der Waals surface area contributed by atoms with E-state index in [4.69, 9.17) is 9.47 Å². The van der Waals surface area contributed by atoms with Gasteiger partial charge >= 0.3 is 11.9 Å². The number of ether oxygens (including phenoxy) is 2. The Hall–Kier alpha value is -5.06. The number of hydrogen-bond donors (Lipinski definition) is 0. The van der Waals surface area contributed by atoms with E-state index in [0.29, 0.717) is 11.1 Å². The highest BCUT2D eigenvalue weighted by atomic mass is 16.5. The van der Waals surface area contributed by atoms with Crippen molar-refractivity contribution < 1.29 is 19.1 Å². The fraction of sp³-hybridized carbons (Fsp3) is 0.268. The molecule has 0 aliphatic heterocycles. The van der Waals surface area contributed by atoms with Crippen LogP contribution in [0.2, 0.25) is 0 Å². The van der Waals surface area contributed by atoms with Gasteiger partial charge in [0.05, 0.1) is 17.2 Å². The maximum atomic E-state index is 12.5. The lowest BCUT2D eigenvalue weighted by Crippen LogP contribution is -2.15. The average Bonchev–Trinajstić information content (AvgIpc) is 3.07. The largest absolute Gasteiger partial charge is 0.459 e. The molecule has 0 saturated heterocycles. The lowest BCUT2D eigenvalue weighted by Gasteiger charge is -2.13. The van der Waals surface area contributed by atoms with Crippen molar-refractivity contribution in [1.82, 2.24) is 0 Å². The van der Waals surface area contributed by atoms with Gasteiger partial charge in [0.25, 0.3) is 0 Å². The second-order valence-corrected chi connectivity index (χ2v) is 11.2. The van der Waals surface area contributed by atoms with Gasteiger partial charge in [-0.15, -0.1) is 0 Å². The molecule has 0 radical (unpaired) electrons. The Kier molecular flexibility index (Phi) is 12.6. The van der Waals surface area contributed by atoms with Crippen molar-refractivity contribution in [2.45, 2.75) is 72.0 Å². The van der Waals surface area contributed by atoms with Crippen LogP contribution in [0, 0.1) is 30.6 Å². The Labute approximate surface area is 267 Å². The van der Waals surface area contributed by atoms with Crippen LogP contribution in [0.25, 0.3) is 0 Å². The number of carbonyl (C=O) groups excluding carboxylic acids is 2. The number of aryl methyl sites for hydroxylation is 1. The molecule has 4 rings (SSSR count). The Morgan fingerprint density at radius 1 is 0.600 bits per heavy atom. The van der Waals surface area contributed by atoms with Gasteiger partial charge in [-0.25, -0.2) is 9.59 Å². The van der Waals surface area contributed by atoms with E-state index < -0.39 is 0 Å². The minimum absolute atomic E-state index is 0.0857. The zero-order chi connectivity index (χ0) is 31.9. The third-order valence-electron chi connectivity index (χ3n) is 7.34. The second kappa shape index (κ2) is 17.3. The van der Waals surface area contributed by atoms with Crippen molar-refractivity contribution in [3.8, 4) is 23.7 Å². The van der Waals surface area contributed by atoms with Crippen LogP contribution in [-0.2, 0) is 16.1 Å². The van der Waals surface area contributed by atoms with Crippen LogP contribution in [0.5, 0.6) is 0 Å². The molecule has 0 saturated carbocycles. The maximum absolute atomic E-state index is 12.5. The molecule has 1 unspecified atom stereocenters. The summed E-state index contributed by atoms with van der Waals surface area (Å²) in [4.78, 5) is 24.9. The fourth-order valence-corrected chi connectivity index (χ4v) is 4.57. The van der Waals surface area contributed by atoms with Crippen molar-refractivity contribution in [1.29, 1.82) is 0 Å². The topological polar surface area (TPSA) is 52.6 Å². The molecule has 0 fully saturated rings. The summed E-state index contributed by atoms with van der Waals surface area (Å²) in [6.07, 6.45) is 6.80. The van der Waals surface area contributed by atoms with E-state index in [-0.39, 0.29) is 24.6 Å². The van der Waals surface area contributed by atoms with Crippen LogP contribution in [0.15, 0.2) is 97.1 Å². The molecule has 0 aromatic heterocycles.